The van der Waals surface area contributed by atoms with Crippen molar-refractivity contribution in [1.29, 1.82) is 0 Å². The second-order valence-corrected chi connectivity index (χ2v) is 7.16. The number of halogens is 3. The third kappa shape index (κ3) is 3.73. The molecule has 28 heavy (non-hydrogen) atoms. The quantitative estimate of drug-likeness (QED) is 0.627. The second kappa shape index (κ2) is 7.87. The number of phenols is 1. The first-order chi connectivity index (χ1) is 13.2. The summed E-state index contributed by atoms with van der Waals surface area (Å²) in [5.74, 6) is -0.649. The molecular weight excluding hydrogens is 429 g/mol. The molecule has 2 heterocycles. The SMILES string of the molecule is Cc1cc(=O)c2c(OCCC(N)=O)ncc(Cl)c2n1-c1c(Cl)cc(O)cc1Cl. The van der Waals surface area contributed by atoms with E-state index < -0.39 is 5.91 Å². The fourth-order valence-corrected chi connectivity index (χ4v) is 3.69. The molecular formula is C18H14Cl3N3O4. The first kappa shape index (κ1) is 20.3. The van der Waals surface area contributed by atoms with Crippen LogP contribution in [0.3, 0.4) is 0 Å². The minimum absolute atomic E-state index is 0.00502. The van der Waals surface area contributed by atoms with Crippen LogP contribution in [0.25, 0.3) is 16.6 Å². The predicted octanol–water partition coefficient (Wildman–Crippen LogP) is 3.61. The highest BCUT2D eigenvalue weighted by atomic mass is 35.5. The van der Waals surface area contributed by atoms with Crippen molar-refractivity contribution < 1.29 is 14.6 Å². The van der Waals surface area contributed by atoms with Crippen LogP contribution in [0.15, 0.2) is 29.2 Å². The summed E-state index contributed by atoms with van der Waals surface area (Å²) in [6.45, 7) is 1.64. The number of aromatic nitrogens is 2. The summed E-state index contributed by atoms with van der Waals surface area (Å²) in [6, 6.07) is 4.01. The van der Waals surface area contributed by atoms with Gasteiger partial charge in [-0.3, -0.25) is 9.59 Å². The zero-order valence-electron chi connectivity index (χ0n) is 14.5. The van der Waals surface area contributed by atoms with Crippen molar-refractivity contribution in [3.63, 3.8) is 0 Å². The van der Waals surface area contributed by atoms with Crippen molar-refractivity contribution in [3.05, 3.63) is 55.4 Å². The van der Waals surface area contributed by atoms with E-state index in [1.807, 2.05) is 0 Å². The van der Waals surface area contributed by atoms with Gasteiger partial charge in [0.15, 0.2) is 5.43 Å². The molecule has 0 aliphatic rings. The number of nitrogens with zero attached hydrogens (tertiary/aromatic N) is 2. The number of amides is 1. The number of fused-ring (bicyclic) bond motifs is 1. The Morgan fingerprint density at radius 2 is 1.86 bits per heavy atom. The lowest BCUT2D eigenvalue weighted by Crippen LogP contribution is -2.17. The molecule has 3 aromatic rings. The molecule has 0 spiro atoms. The highest BCUT2D eigenvalue weighted by Crippen LogP contribution is 2.37. The van der Waals surface area contributed by atoms with Gasteiger partial charge in [0, 0.05) is 23.9 Å². The van der Waals surface area contributed by atoms with Crippen LogP contribution < -0.4 is 15.9 Å². The highest BCUT2D eigenvalue weighted by molar-refractivity contribution is 6.38. The fourth-order valence-electron chi connectivity index (χ4n) is 2.82. The molecule has 0 aliphatic carbocycles. The van der Waals surface area contributed by atoms with Gasteiger partial charge in [-0.15, -0.1) is 0 Å². The summed E-state index contributed by atoms with van der Waals surface area (Å²) < 4.78 is 7.08. The number of carbonyl (C=O) groups is 1. The molecule has 0 atom stereocenters. The molecule has 7 nitrogen and oxygen atoms in total. The average Bonchev–Trinajstić information content (AvgIpc) is 2.58. The maximum Gasteiger partial charge on any atom is 0.227 e. The van der Waals surface area contributed by atoms with Crippen LogP contribution in [0.5, 0.6) is 11.6 Å². The van der Waals surface area contributed by atoms with Gasteiger partial charge in [-0.25, -0.2) is 4.98 Å². The van der Waals surface area contributed by atoms with E-state index in [2.05, 4.69) is 4.98 Å². The zero-order valence-corrected chi connectivity index (χ0v) is 16.8. The van der Waals surface area contributed by atoms with E-state index in [-0.39, 0.29) is 56.1 Å². The Balaban J connectivity index is 2.34. The number of aromatic hydroxyl groups is 1. The van der Waals surface area contributed by atoms with Crippen molar-refractivity contribution in [2.24, 2.45) is 5.73 Å². The number of benzene rings is 1. The third-order valence-corrected chi connectivity index (χ3v) is 4.80. The molecule has 0 aliphatic heterocycles. The van der Waals surface area contributed by atoms with Gasteiger partial charge in [0.1, 0.15) is 11.1 Å². The van der Waals surface area contributed by atoms with Crippen LogP contribution in [0.2, 0.25) is 15.1 Å². The molecule has 0 unspecified atom stereocenters. The molecule has 1 aromatic carbocycles. The van der Waals surface area contributed by atoms with Crippen LogP contribution in [0.4, 0.5) is 0 Å². The predicted molar refractivity (Wildman–Crippen MR) is 108 cm³/mol. The second-order valence-electron chi connectivity index (χ2n) is 5.94. The summed E-state index contributed by atoms with van der Waals surface area (Å²) in [5.41, 5.74) is 5.86. The minimum atomic E-state index is -0.547. The maximum atomic E-state index is 12.7. The van der Waals surface area contributed by atoms with Crippen LogP contribution in [0, 0.1) is 6.92 Å². The summed E-state index contributed by atoms with van der Waals surface area (Å²) >= 11 is 19.0. The van der Waals surface area contributed by atoms with E-state index in [0.717, 1.165) is 0 Å². The van der Waals surface area contributed by atoms with E-state index in [1.54, 1.807) is 11.5 Å². The van der Waals surface area contributed by atoms with Gasteiger partial charge in [0.25, 0.3) is 0 Å². The van der Waals surface area contributed by atoms with Gasteiger partial charge < -0.3 is 20.1 Å². The topological polar surface area (TPSA) is 107 Å². The largest absolute Gasteiger partial charge is 0.508 e. The molecule has 0 saturated heterocycles. The standard InChI is InChI=1S/C18H14Cl3N3O4/c1-8-4-13(26)15-17(12(21)7-23-18(15)28-3-2-14(22)27)24(8)16-10(19)5-9(25)6-11(16)20/h4-7,25H,2-3H2,1H3,(H2,22,27). The van der Waals surface area contributed by atoms with Gasteiger partial charge in [-0.05, 0) is 6.92 Å². The van der Waals surface area contributed by atoms with E-state index in [9.17, 15) is 14.7 Å². The number of phenolic OH excluding ortho intramolecular Hbond substituents is 1. The van der Waals surface area contributed by atoms with Crippen LogP contribution >= 0.6 is 34.8 Å². The maximum absolute atomic E-state index is 12.7. The lowest BCUT2D eigenvalue weighted by molar-refractivity contribution is -0.118. The number of primary amides is 1. The molecule has 3 N–H and O–H groups in total. The molecule has 0 fully saturated rings. The molecule has 1 amide bonds. The fraction of sp³-hybridized carbons (Fsp3) is 0.167. The Hall–Kier alpha value is -2.48. The lowest BCUT2D eigenvalue weighted by Gasteiger charge is -2.19. The number of hydrogen-bond acceptors (Lipinski definition) is 5. The van der Waals surface area contributed by atoms with E-state index in [4.69, 9.17) is 45.3 Å². The molecule has 10 heteroatoms. The van der Waals surface area contributed by atoms with Crippen molar-refractivity contribution in [3.8, 4) is 17.3 Å². The Bertz CT molecular complexity index is 1140. The number of ether oxygens (including phenoxy) is 1. The Morgan fingerprint density at radius 3 is 2.46 bits per heavy atom. The Labute approximate surface area is 174 Å². The smallest absolute Gasteiger partial charge is 0.227 e. The average molecular weight is 443 g/mol. The molecule has 0 bridgehead atoms. The van der Waals surface area contributed by atoms with Gasteiger partial charge in [-0.2, -0.15) is 0 Å². The molecule has 0 radical (unpaired) electrons. The molecule has 0 saturated carbocycles. The number of pyridine rings is 2. The number of nitrogens with two attached hydrogens (primary N) is 1. The summed E-state index contributed by atoms with van der Waals surface area (Å²) in [6.07, 6.45) is 1.28. The van der Waals surface area contributed by atoms with Gasteiger partial charge in [0.05, 0.1) is 45.5 Å². The molecule has 2 aromatic heterocycles. The molecule has 146 valence electrons. The first-order valence-corrected chi connectivity index (χ1v) is 9.14. The van der Waals surface area contributed by atoms with Crippen molar-refractivity contribution in [2.45, 2.75) is 13.3 Å². The summed E-state index contributed by atoms with van der Waals surface area (Å²) in [5, 5.41) is 10.3. The minimum Gasteiger partial charge on any atom is -0.508 e. The first-order valence-electron chi connectivity index (χ1n) is 8.01. The number of aryl methyl sites for hydroxylation is 1. The van der Waals surface area contributed by atoms with Crippen molar-refractivity contribution in [2.75, 3.05) is 6.61 Å². The van der Waals surface area contributed by atoms with E-state index >= 15 is 0 Å². The summed E-state index contributed by atoms with van der Waals surface area (Å²) in [4.78, 5) is 27.7. The van der Waals surface area contributed by atoms with Crippen LogP contribution in [-0.2, 0) is 4.79 Å². The Morgan fingerprint density at radius 1 is 1.21 bits per heavy atom. The van der Waals surface area contributed by atoms with Gasteiger partial charge in [0.2, 0.25) is 11.8 Å². The lowest BCUT2D eigenvalue weighted by atomic mass is 10.2. The van der Waals surface area contributed by atoms with Crippen LogP contribution in [-0.4, -0.2) is 27.2 Å². The number of hydrogen-bond donors (Lipinski definition) is 2. The zero-order chi connectivity index (χ0) is 20.6. The van der Waals surface area contributed by atoms with Crippen LogP contribution in [0.1, 0.15) is 12.1 Å². The van der Waals surface area contributed by atoms with E-state index in [1.165, 1.54) is 24.4 Å². The Kier molecular flexibility index (Phi) is 5.69. The number of carbonyl (C=O) groups excluding carboxylic acids is 1. The highest BCUT2D eigenvalue weighted by Gasteiger charge is 2.20. The van der Waals surface area contributed by atoms with Gasteiger partial charge in [-0.1, -0.05) is 34.8 Å². The summed E-state index contributed by atoms with van der Waals surface area (Å²) in [7, 11) is 0. The van der Waals surface area contributed by atoms with E-state index in [0.29, 0.717) is 11.4 Å². The number of rotatable bonds is 5. The molecule has 3 rings (SSSR count). The van der Waals surface area contributed by atoms with Crippen molar-refractivity contribution in [1.82, 2.24) is 9.55 Å². The third-order valence-electron chi connectivity index (χ3n) is 3.95. The van der Waals surface area contributed by atoms with Crippen molar-refractivity contribution >= 4 is 51.6 Å². The normalized spacial score (nSPS) is 11.0. The monoisotopic (exact) mass is 441 g/mol. The van der Waals surface area contributed by atoms with Gasteiger partial charge >= 0.3 is 0 Å².